The number of halogens is 1. The monoisotopic (exact) mass is 269 g/mol. The fourth-order valence-corrected chi connectivity index (χ4v) is 2.41. The van der Waals surface area contributed by atoms with E-state index in [9.17, 15) is 16.8 Å². The summed E-state index contributed by atoms with van der Waals surface area (Å²) in [7, 11) is -2.31. The molecule has 0 aliphatic heterocycles. The molecule has 0 aliphatic rings. The molecule has 1 aromatic carbocycles. The topological polar surface area (TPSA) is 94.3 Å². The van der Waals surface area contributed by atoms with Crippen molar-refractivity contribution in [3.8, 4) is 0 Å². The Bertz CT molecular complexity index is 547. The van der Waals surface area contributed by atoms with Gasteiger partial charge in [-0.3, -0.25) is 0 Å². The average Bonchev–Trinajstić information content (AvgIpc) is 2.00. The first-order chi connectivity index (χ1) is 6.68. The van der Waals surface area contributed by atoms with Crippen LogP contribution in [-0.4, -0.2) is 16.8 Å². The van der Waals surface area contributed by atoms with Crippen molar-refractivity contribution in [2.75, 3.05) is 0 Å². The fraction of sp³-hybridized carbons (Fsp3) is 0.143. The van der Waals surface area contributed by atoms with Crippen LogP contribution in [0.5, 0.6) is 0 Å². The maximum atomic E-state index is 10.9. The van der Waals surface area contributed by atoms with Gasteiger partial charge in [-0.15, -0.1) is 0 Å². The highest BCUT2D eigenvalue weighted by molar-refractivity contribution is 8.13. The first kappa shape index (κ1) is 12.4. The average molecular weight is 270 g/mol. The van der Waals surface area contributed by atoms with Gasteiger partial charge in [-0.25, -0.2) is 22.0 Å². The van der Waals surface area contributed by atoms with E-state index >= 15 is 0 Å². The van der Waals surface area contributed by atoms with Gasteiger partial charge < -0.3 is 0 Å². The minimum atomic E-state index is -3.77. The molecule has 84 valence electrons. The summed E-state index contributed by atoms with van der Waals surface area (Å²) in [6.07, 6.45) is 0. The van der Waals surface area contributed by atoms with Crippen molar-refractivity contribution in [3.63, 3.8) is 0 Å². The van der Waals surface area contributed by atoms with E-state index in [1.54, 1.807) is 0 Å². The van der Waals surface area contributed by atoms with Crippen molar-refractivity contribution in [3.05, 3.63) is 29.8 Å². The maximum absolute atomic E-state index is 10.9. The van der Waals surface area contributed by atoms with Gasteiger partial charge >= 0.3 is 0 Å². The molecule has 15 heavy (non-hydrogen) atoms. The van der Waals surface area contributed by atoms with E-state index in [4.69, 9.17) is 15.8 Å². The van der Waals surface area contributed by atoms with E-state index in [1.165, 1.54) is 24.3 Å². The third kappa shape index (κ3) is 4.17. The standard InChI is InChI=1S/C7H8ClNO4S2/c8-15(12,13)7-3-1-6(2-4-7)5-14(9,10)11/h1-4H,5H2,(H2,9,10,11). The van der Waals surface area contributed by atoms with E-state index in [2.05, 4.69) is 0 Å². The summed E-state index contributed by atoms with van der Waals surface area (Å²) in [5, 5.41) is 4.82. The molecule has 2 N–H and O–H groups in total. The zero-order chi connectivity index (χ0) is 11.7. The van der Waals surface area contributed by atoms with E-state index < -0.39 is 19.1 Å². The summed E-state index contributed by atoms with van der Waals surface area (Å²) in [5.41, 5.74) is 0.404. The molecule has 0 radical (unpaired) electrons. The van der Waals surface area contributed by atoms with Crippen LogP contribution in [-0.2, 0) is 24.8 Å². The zero-order valence-electron chi connectivity index (χ0n) is 7.42. The summed E-state index contributed by atoms with van der Waals surface area (Å²) < 4.78 is 43.1. The quantitative estimate of drug-likeness (QED) is 0.804. The molecule has 1 rings (SSSR count). The van der Waals surface area contributed by atoms with Crippen LogP contribution >= 0.6 is 10.7 Å². The third-order valence-electron chi connectivity index (χ3n) is 1.57. The number of hydrogen-bond donors (Lipinski definition) is 1. The fourth-order valence-electron chi connectivity index (χ4n) is 0.981. The second kappa shape index (κ2) is 4.09. The zero-order valence-corrected chi connectivity index (χ0v) is 9.81. The Hall–Kier alpha value is -0.630. The molecule has 0 aliphatic carbocycles. The number of rotatable bonds is 3. The first-order valence-corrected chi connectivity index (χ1v) is 7.75. The van der Waals surface area contributed by atoms with E-state index in [0.29, 0.717) is 5.56 Å². The van der Waals surface area contributed by atoms with Crippen LogP contribution in [0.3, 0.4) is 0 Å². The second-order valence-corrected chi connectivity index (χ2v) is 7.07. The largest absolute Gasteiger partial charge is 0.261 e. The van der Waals surface area contributed by atoms with Crippen molar-refractivity contribution in [1.82, 2.24) is 0 Å². The molecule has 1 aromatic rings. The molecule has 0 unspecified atom stereocenters. The number of benzene rings is 1. The Kier molecular flexibility index (Phi) is 3.39. The molecule has 0 amide bonds. The predicted octanol–water partition coefficient (Wildman–Crippen LogP) is 0.403. The summed E-state index contributed by atoms with van der Waals surface area (Å²) >= 11 is 0. The van der Waals surface area contributed by atoms with Gasteiger partial charge in [-0.2, -0.15) is 0 Å². The van der Waals surface area contributed by atoms with Crippen molar-refractivity contribution < 1.29 is 16.8 Å². The lowest BCUT2D eigenvalue weighted by Crippen LogP contribution is -2.14. The number of hydrogen-bond acceptors (Lipinski definition) is 4. The van der Waals surface area contributed by atoms with Crippen LogP contribution < -0.4 is 5.14 Å². The Morgan fingerprint density at radius 2 is 1.53 bits per heavy atom. The highest BCUT2D eigenvalue weighted by Crippen LogP contribution is 2.15. The van der Waals surface area contributed by atoms with Gasteiger partial charge in [0.2, 0.25) is 10.0 Å². The number of sulfonamides is 1. The van der Waals surface area contributed by atoms with Crippen LogP contribution in [0, 0.1) is 0 Å². The van der Waals surface area contributed by atoms with Gasteiger partial charge in [0, 0.05) is 10.7 Å². The summed E-state index contributed by atoms with van der Waals surface area (Å²) in [5.74, 6) is -0.338. The van der Waals surface area contributed by atoms with Crippen molar-refractivity contribution >= 4 is 29.8 Å². The van der Waals surface area contributed by atoms with Gasteiger partial charge in [0.25, 0.3) is 9.05 Å². The Morgan fingerprint density at radius 1 is 1.07 bits per heavy atom. The molecule has 5 nitrogen and oxygen atoms in total. The van der Waals surface area contributed by atoms with Gasteiger partial charge in [0.1, 0.15) is 0 Å². The number of nitrogens with two attached hydrogens (primary N) is 1. The van der Waals surface area contributed by atoms with Gasteiger partial charge in [0.05, 0.1) is 10.6 Å². The second-order valence-electron chi connectivity index (χ2n) is 2.89. The highest BCUT2D eigenvalue weighted by Gasteiger charge is 2.10. The first-order valence-electron chi connectivity index (χ1n) is 3.72. The van der Waals surface area contributed by atoms with Crippen molar-refractivity contribution in [2.45, 2.75) is 10.6 Å². The van der Waals surface area contributed by atoms with E-state index in [-0.39, 0.29) is 10.6 Å². The SMILES string of the molecule is NS(=O)(=O)Cc1ccc(S(=O)(=O)Cl)cc1. The van der Waals surface area contributed by atoms with Gasteiger partial charge in [-0.1, -0.05) is 12.1 Å². The molecule has 0 heterocycles. The smallest absolute Gasteiger partial charge is 0.228 e. The van der Waals surface area contributed by atoms with Crippen LogP contribution in [0.25, 0.3) is 0 Å². The molecule has 0 atom stereocenters. The Morgan fingerprint density at radius 3 is 1.87 bits per heavy atom. The lowest BCUT2D eigenvalue weighted by Gasteiger charge is -2.00. The molecule has 0 aromatic heterocycles. The molecule has 0 saturated carbocycles. The molecule has 0 fully saturated rings. The normalized spacial score (nSPS) is 12.7. The van der Waals surface area contributed by atoms with Crippen LogP contribution in [0.15, 0.2) is 29.2 Å². The summed E-state index contributed by atoms with van der Waals surface area (Å²) in [6.45, 7) is 0. The molecule has 0 bridgehead atoms. The minimum absolute atomic E-state index is 0.0812. The van der Waals surface area contributed by atoms with Gasteiger partial charge in [0.15, 0.2) is 0 Å². The Labute approximate surface area is 92.3 Å². The molecule has 0 spiro atoms. The van der Waals surface area contributed by atoms with Crippen LogP contribution in [0.4, 0.5) is 0 Å². The molecular formula is C7H8ClNO4S2. The number of primary sulfonamides is 1. The molecular weight excluding hydrogens is 262 g/mol. The van der Waals surface area contributed by atoms with Crippen LogP contribution in [0.2, 0.25) is 0 Å². The van der Waals surface area contributed by atoms with Crippen molar-refractivity contribution in [2.24, 2.45) is 5.14 Å². The van der Waals surface area contributed by atoms with E-state index in [1.807, 2.05) is 0 Å². The Balaban J connectivity index is 3.02. The lowest BCUT2D eigenvalue weighted by molar-refractivity contribution is 0.597. The van der Waals surface area contributed by atoms with Crippen LogP contribution in [0.1, 0.15) is 5.56 Å². The summed E-state index contributed by atoms with van der Waals surface area (Å²) in [6, 6.07) is 5.14. The molecule has 0 saturated heterocycles. The maximum Gasteiger partial charge on any atom is 0.261 e. The van der Waals surface area contributed by atoms with E-state index in [0.717, 1.165) is 0 Å². The van der Waals surface area contributed by atoms with Gasteiger partial charge in [-0.05, 0) is 17.7 Å². The minimum Gasteiger partial charge on any atom is -0.228 e. The highest BCUT2D eigenvalue weighted by atomic mass is 35.7. The predicted molar refractivity (Wildman–Crippen MR) is 56.3 cm³/mol. The molecule has 8 heteroatoms. The third-order valence-corrected chi connectivity index (χ3v) is 3.68. The summed E-state index contributed by atoms with van der Waals surface area (Å²) in [4.78, 5) is -0.0812. The van der Waals surface area contributed by atoms with Crippen molar-refractivity contribution in [1.29, 1.82) is 0 Å². The lowest BCUT2D eigenvalue weighted by atomic mass is 10.2.